The Morgan fingerprint density at radius 3 is 2.16 bits per heavy atom. The van der Waals surface area contributed by atoms with Crippen LogP contribution in [0.1, 0.15) is 38.8 Å². The van der Waals surface area contributed by atoms with E-state index in [1.54, 1.807) is 36.4 Å². The van der Waals surface area contributed by atoms with Gasteiger partial charge in [0.1, 0.15) is 0 Å². The first-order valence-corrected chi connectivity index (χ1v) is 12.9. The molecule has 0 spiro atoms. The van der Waals surface area contributed by atoms with Crippen LogP contribution in [0.2, 0.25) is 0 Å². The van der Waals surface area contributed by atoms with Crippen LogP contribution in [0.4, 0.5) is 5.69 Å². The Bertz CT molecular complexity index is 1440. The van der Waals surface area contributed by atoms with Crippen molar-refractivity contribution in [2.75, 3.05) is 10.7 Å². The van der Waals surface area contributed by atoms with Crippen LogP contribution in [0.3, 0.4) is 0 Å². The molecule has 0 radical (unpaired) electrons. The minimum atomic E-state index is -0.329. The first kappa shape index (κ1) is 24.5. The molecule has 1 N–H and O–H groups in total. The van der Waals surface area contributed by atoms with Gasteiger partial charge in [-0.15, -0.1) is 10.2 Å². The van der Waals surface area contributed by atoms with Gasteiger partial charge in [-0.1, -0.05) is 53.7 Å². The van der Waals surface area contributed by atoms with Crippen LogP contribution in [0.25, 0.3) is 11.4 Å². The first-order valence-electron chi connectivity index (χ1n) is 11.9. The summed E-state index contributed by atoms with van der Waals surface area (Å²) in [5, 5.41) is 12.2. The van der Waals surface area contributed by atoms with E-state index in [-0.39, 0.29) is 23.5 Å². The number of anilines is 1. The van der Waals surface area contributed by atoms with Crippen molar-refractivity contribution in [1.82, 2.24) is 20.1 Å². The maximum absolute atomic E-state index is 12.8. The summed E-state index contributed by atoms with van der Waals surface area (Å²) in [6, 6.07) is 22.0. The maximum atomic E-state index is 12.8. The van der Waals surface area contributed by atoms with E-state index in [1.807, 2.05) is 54.8 Å². The molecule has 5 rings (SSSR count). The van der Waals surface area contributed by atoms with E-state index >= 15 is 0 Å². The van der Waals surface area contributed by atoms with Crippen LogP contribution in [-0.2, 0) is 17.9 Å². The van der Waals surface area contributed by atoms with Crippen LogP contribution in [0.5, 0.6) is 0 Å². The average molecular weight is 512 g/mol. The van der Waals surface area contributed by atoms with Gasteiger partial charge in [-0.2, -0.15) is 0 Å². The molecule has 0 aliphatic carbocycles. The van der Waals surface area contributed by atoms with E-state index in [2.05, 4.69) is 15.5 Å². The molecule has 4 aromatic rings. The number of aryl methyl sites for hydroxylation is 1. The lowest BCUT2D eigenvalue weighted by molar-refractivity contribution is -0.118. The summed E-state index contributed by atoms with van der Waals surface area (Å²) in [5.74, 6) is 0.138. The number of benzene rings is 3. The highest BCUT2D eigenvalue weighted by molar-refractivity contribution is 7.99. The molecule has 1 aromatic heterocycles. The minimum Gasteiger partial charge on any atom is -0.351 e. The highest BCUT2D eigenvalue weighted by atomic mass is 32.2. The summed E-state index contributed by atoms with van der Waals surface area (Å²) < 4.78 is 1.94. The molecule has 37 heavy (non-hydrogen) atoms. The van der Waals surface area contributed by atoms with Gasteiger partial charge < -0.3 is 9.88 Å². The molecule has 3 amide bonds. The molecule has 0 fully saturated rings. The molecule has 0 saturated heterocycles. The molecular weight excluding hydrogens is 486 g/mol. The molecule has 1 aliphatic heterocycles. The smallest absolute Gasteiger partial charge is 0.266 e. The van der Waals surface area contributed by atoms with Crippen molar-refractivity contribution in [2.24, 2.45) is 0 Å². The zero-order valence-electron chi connectivity index (χ0n) is 20.5. The number of carbonyl (C=O) groups is 3. The number of nitrogens with one attached hydrogen (secondary N) is 1. The van der Waals surface area contributed by atoms with Gasteiger partial charge in [0.25, 0.3) is 11.8 Å². The van der Waals surface area contributed by atoms with Gasteiger partial charge >= 0.3 is 0 Å². The van der Waals surface area contributed by atoms with Crippen molar-refractivity contribution >= 4 is 35.2 Å². The Morgan fingerprint density at radius 1 is 0.892 bits per heavy atom. The number of carbonyl (C=O) groups excluding carboxylic acids is 3. The summed E-state index contributed by atoms with van der Waals surface area (Å²) in [7, 11) is 0. The van der Waals surface area contributed by atoms with Gasteiger partial charge in [0, 0.05) is 18.7 Å². The van der Waals surface area contributed by atoms with Crippen LogP contribution < -0.4 is 10.2 Å². The van der Waals surface area contributed by atoms with Gasteiger partial charge in [-0.25, -0.2) is 4.90 Å². The van der Waals surface area contributed by atoms with Crippen LogP contribution >= 0.6 is 11.8 Å². The topological polar surface area (TPSA) is 97.2 Å². The SMILES string of the molecule is CCn1c(SCC(=O)NCc2ccc(C)cc2)nnc1-c1ccc(N2C(=O)c3ccccc3C2=O)cc1. The Morgan fingerprint density at radius 2 is 1.54 bits per heavy atom. The summed E-state index contributed by atoms with van der Waals surface area (Å²) in [5.41, 5.74) is 4.34. The number of fused-ring (bicyclic) bond motifs is 1. The summed E-state index contributed by atoms with van der Waals surface area (Å²) in [6.07, 6.45) is 0. The predicted octanol–water partition coefficient (Wildman–Crippen LogP) is 4.48. The quantitative estimate of drug-likeness (QED) is 0.277. The molecular formula is C28H25N5O3S. The summed E-state index contributed by atoms with van der Waals surface area (Å²) in [6.45, 7) is 5.11. The zero-order chi connectivity index (χ0) is 25.9. The largest absolute Gasteiger partial charge is 0.351 e. The number of amides is 3. The Kier molecular flexibility index (Phi) is 6.87. The number of thioether (sulfide) groups is 1. The molecule has 3 aromatic carbocycles. The molecule has 0 saturated carbocycles. The van der Waals surface area contributed by atoms with Crippen molar-refractivity contribution in [3.05, 3.63) is 95.1 Å². The molecule has 8 nitrogen and oxygen atoms in total. The molecule has 0 atom stereocenters. The van der Waals surface area contributed by atoms with Gasteiger partial charge in [0.15, 0.2) is 11.0 Å². The van der Waals surface area contributed by atoms with Crippen molar-refractivity contribution in [2.45, 2.75) is 32.1 Å². The first-order chi connectivity index (χ1) is 18.0. The molecule has 2 heterocycles. The summed E-state index contributed by atoms with van der Waals surface area (Å²) in [4.78, 5) is 39.1. The van der Waals surface area contributed by atoms with Gasteiger partial charge in [0.2, 0.25) is 5.91 Å². The second-order valence-corrected chi connectivity index (χ2v) is 9.58. The van der Waals surface area contributed by atoms with Crippen LogP contribution in [-0.4, -0.2) is 38.2 Å². The number of hydrogen-bond acceptors (Lipinski definition) is 6. The predicted molar refractivity (Wildman–Crippen MR) is 142 cm³/mol. The molecule has 0 bridgehead atoms. The fourth-order valence-electron chi connectivity index (χ4n) is 4.17. The minimum absolute atomic E-state index is 0.0805. The zero-order valence-corrected chi connectivity index (χ0v) is 21.3. The average Bonchev–Trinajstić information content (AvgIpc) is 3.45. The normalized spacial score (nSPS) is 12.6. The lowest BCUT2D eigenvalue weighted by atomic mass is 10.1. The van der Waals surface area contributed by atoms with E-state index in [0.29, 0.717) is 40.9 Å². The number of nitrogens with zero attached hydrogens (tertiary/aromatic N) is 4. The second-order valence-electron chi connectivity index (χ2n) is 8.64. The third-order valence-corrected chi connectivity index (χ3v) is 7.12. The number of hydrogen-bond donors (Lipinski definition) is 1. The van der Waals surface area contributed by atoms with Crippen LogP contribution in [0.15, 0.2) is 78.0 Å². The van der Waals surface area contributed by atoms with E-state index < -0.39 is 0 Å². The highest BCUT2D eigenvalue weighted by Crippen LogP contribution is 2.30. The van der Waals surface area contributed by atoms with Crippen molar-refractivity contribution in [3.63, 3.8) is 0 Å². The third kappa shape index (κ3) is 4.90. The highest BCUT2D eigenvalue weighted by Gasteiger charge is 2.36. The Hall–Kier alpha value is -4.24. The van der Waals surface area contributed by atoms with Crippen LogP contribution in [0, 0.1) is 6.92 Å². The van der Waals surface area contributed by atoms with Gasteiger partial charge in [-0.3, -0.25) is 14.4 Å². The Labute approximate surface area is 218 Å². The molecule has 186 valence electrons. The standard InChI is InChI=1S/C28H25N5O3S/c1-3-32-25(30-31-28(32)37-17-24(34)29-16-19-10-8-18(2)9-11-19)20-12-14-21(15-13-20)33-26(35)22-6-4-5-7-23(22)27(33)36/h4-15H,3,16-17H2,1-2H3,(H,29,34). The van der Waals surface area contributed by atoms with Gasteiger partial charge in [-0.05, 0) is 55.8 Å². The number of imide groups is 1. The monoisotopic (exact) mass is 511 g/mol. The number of rotatable bonds is 8. The fraction of sp³-hybridized carbons (Fsp3) is 0.179. The van der Waals surface area contributed by atoms with Gasteiger partial charge in [0.05, 0.1) is 22.6 Å². The van der Waals surface area contributed by atoms with E-state index in [1.165, 1.54) is 22.2 Å². The second kappa shape index (κ2) is 10.4. The van der Waals surface area contributed by atoms with Crippen molar-refractivity contribution in [1.29, 1.82) is 0 Å². The maximum Gasteiger partial charge on any atom is 0.266 e. The lowest BCUT2D eigenvalue weighted by Gasteiger charge is -2.14. The Balaban J connectivity index is 1.25. The van der Waals surface area contributed by atoms with E-state index in [4.69, 9.17) is 0 Å². The van der Waals surface area contributed by atoms with Crippen molar-refractivity contribution in [3.8, 4) is 11.4 Å². The molecule has 0 unspecified atom stereocenters. The van der Waals surface area contributed by atoms with E-state index in [0.717, 1.165) is 11.1 Å². The van der Waals surface area contributed by atoms with E-state index in [9.17, 15) is 14.4 Å². The fourth-order valence-corrected chi connectivity index (χ4v) is 5.00. The number of aromatic nitrogens is 3. The third-order valence-electron chi connectivity index (χ3n) is 6.15. The lowest BCUT2D eigenvalue weighted by Crippen LogP contribution is -2.29. The van der Waals surface area contributed by atoms with Crippen molar-refractivity contribution < 1.29 is 14.4 Å². The molecule has 1 aliphatic rings. The summed E-state index contributed by atoms with van der Waals surface area (Å²) >= 11 is 1.33. The molecule has 9 heteroatoms.